The van der Waals surface area contributed by atoms with Gasteiger partial charge in [0.2, 0.25) is 0 Å². The lowest BCUT2D eigenvalue weighted by atomic mass is 10.1. The first kappa shape index (κ1) is 13.8. The van der Waals surface area contributed by atoms with E-state index in [-0.39, 0.29) is 5.91 Å². The van der Waals surface area contributed by atoms with Gasteiger partial charge in [0.1, 0.15) is 0 Å². The van der Waals surface area contributed by atoms with Gasteiger partial charge in [-0.3, -0.25) is 4.79 Å². The summed E-state index contributed by atoms with van der Waals surface area (Å²) in [7, 11) is 3.01. The topological polar surface area (TPSA) is 46.6 Å². The molecule has 0 aromatic heterocycles. The quantitative estimate of drug-likeness (QED) is 0.805. The van der Waals surface area contributed by atoms with Gasteiger partial charge >= 0.3 is 5.97 Å². The van der Waals surface area contributed by atoms with Crippen LogP contribution in [0.15, 0.2) is 54.6 Å². The molecule has 2 aromatic carbocycles. The lowest BCUT2D eigenvalue weighted by Gasteiger charge is -2.17. The maximum Gasteiger partial charge on any atom is 0.337 e. The number of ether oxygens (including phenoxy) is 1. The minimum absolute atomic E-state index is 0.179. The lowest BCUT2D eigenvalue weighted by Crippen LogP contribution is -2.26. The first-order chi connectivity index (χ1) is 9.63. The average molecular weight is 269 g/mol. The molecule has 102 valence electrons. The van der Waals surface area contributed by atoms with Crippen LogP contribution < -0.4 is 4.90 Å². The number of carbonyl (C=O) groups is 2. The Morgan fingerprint density at radius 2 is 1.60 bits per heavy atom. The summed E-state index contributed by atoms with van der Waals surface area (Å²) in [5.74, 6) is -0.635. The van der Waals surface area contributed by atoms with Gasteiger partial charge in [-0.25, -0.2) is 4.79 Å². The Morgan fingerprint density at radius 1 is 0.950 bits per heavy atom. The van der Waals surface area contributed by atoms with Crippen molar-refractivity contribution in [1.82, 2.24) is 0 Å². The molecule has 0 aliphatic heterocycles. The van der Waals surface area contributed by atoms with Crippen molar-refractivity contribution < 1.29 is 14.3 Å². The first-order valence-corrected chi connectivity index (χ1v) is 6.15. The van der Waals surface area contributed by atoms with Crippen molar-refractivity contribution in [2.24, 2.45) is 0 Å². The molecule has 0 atom stereocenters. The van der Waals surface area contributed by atoms with Gasteiger partial charge in [-0.05, 0) is 30.3 Å². The van der Waals surface area contributed by atoms with Gasteiger partial charge in [0.15, 0.2) is 0 Å². The average Bonchev–Trinajstić information content (AvgIpc) is 2.53. The Hall–Kier alpha value is -2.62. The minimum atomic E-state index is -0.456. The summed E-state index contributed by atoms with van der Waals surface area (Å²) in [5, 5.41) is 0. The van der Waals surface area contributed by atoms with Gasteiger partial charge in [-0.1, -0.05) is 24.3 Å². The molecule has 0 aliphatic carbocycles. The van der Waals surface area contributed by atoms with Crippen LogP contribution in [0.1, 0.15) is 20.7 Å². The molecule has 0 saturated heterocycles. The third kappa shape index (κ3) is 2.85. The Bertz CT molecular complexity index is 623. The fourth-order valence-corrected chi connectivity index (χ4v) is 1.86. The predicted molar refractivity (Wildman–Crippen MR) is 77.0 cm³/mol. The van der Waals surface area contributed by atoms with Crippen LogP contribution in [0.4, 0.5) is 5.69 Å². The van der Waals surface area contributed by atoms with Crippen LogP contribution in [0.2, 0.25) is 0 Å². The van der Waals surface area contributed by atoms with E-state index in [9.17, 15) is 9.59 Å². The van der Waals surface area contributed by atoms with Gasteiger partial charge < -0.3 is 9.64 Å². The molecule has 0 unspecified atom stereocenters. The molecular weight excluding hydrogens is 254 g/mol. The summed E-state index contributed by atoms with van der Waals surface area (Å²) >= 11 is 0. The molecule has 2 rings (SSSR count). The van der Waals surface area contributed by atoms with E-state index in [4.69, 9.17) is 0 Å². The van der Waals surface area contributed by atoms with E-state index in [1.165, 1.54) is 18.1 Å². The molecule has 20 heavy (non-hydrogen) atoms. The smallest absolute Gasteiger partial charge is 0.337 e. The minimum Gasteiger partial charge on any atom is -0.465 e. The molecule has 4 nitrogen and oxygen atoms in total. The van der Waals surface area contributed by atoms with Crippen molar-refractivity contribution in [2.45, 2.75) is 0 Å². The standard InChI is InChI=1S/C16H15NO3/c1-17(14-9-4-3-5-10-14)15(18)12-7-6-8-13(11-12)16(19)20-2/h3-11H,1-2H3. The second-order valence-electron chi connectivity index (χ2n) is 4.27. The fourth-order valence-electron chi connectivity index (χ4n) is 1.86. The van der Waals surface area contributed by atoms with E-state index in [0.717, 1.165) is 5.69 Å². The number of hydrogen-bond donors (Lipinski definition) is 0. The molecule has 0 N–H and O–H groups in total. The highest BCUT2D eigenvalue weighted by Gasteiger charge is 2.15. The fraction of sp³-hybridized carbons (Fsp3) is 0.125. The number of rotatable bonds is 3. The number of benzene rings is 2. The van der Waals surface area contributed by atoms with Crippen molar-refractivity contribution >= 4 is 17.6 Å². The molecule has 0 aliphatic rings. The number of nitrogens with zero attached hydrogens (tertiary/aromatic N) is 1. The van der Waals surface area contributed by atoms with Gasteiger partial charge in [0.05, 0.1) is 12.7 Å². The normalized spacial score (nSPS) is 9.90. The van der Waals surface area contributed by atoms with Crippen molar-refractivity contribution in [3.8, 4) is 0 Å². The van der Waals surface area contributed by atoms with E-state index in [1.807, 2.05) is 30.3 Å². The van der Waals surface area contributed by atoms with E-state index in [2.05, 4.69) is 4.74 Å². The van der Waals surface area contributed by atoms with Gasteiger partial charge in [-0.15, -0.1) is 0 Å². The van der Waals surface area contributed by atoms with Crippen LogP contribution in [0.5, 0.6) is 0 Å². The summed E-state index contributed by atoms with van der Waals surface area (Å²) in [6.45, 7) is 0. The van der Waals surface area contributed by atoms with E-state index in [1.54, 1.807) is 25.2 Å². The summed E-state index contributed by atoms with van der Waals surface area (Å²) in [5.41, 5.74) is 1.60. The monoisotopic (exact) mass is 269 g/mol. The predicted octanol–water partition coefficient (Wildman–Crippen LogP) is 2.75. The molecule has 1 amide bonds. The molecule has 4 heteroatoms. The van der Waals surface area contributed by atoms with Crippen molar-refractivity contribution in [3.05, 3.63) is 65.7 Å². The van der Waals surface area contributed by atoms with Crippen LogP contribution in [0, 0.1) is 0 Å². The first-order valence-electron chi connectivity index (χ1n) is 6.15. The molecule has 0 bridgehead atoms. The second kappa shape index (κ2) is 6.02. The molecule has 0 heterocycles. The summed E-state index contributed by atoms with van der Waals surface area (Å²) in [4.78, 5) is 25.4. The molecule has 0 saturated carbocycles. The van der Waals surface area contributed by atoms with Crippen LogP contribution in [-0.4, -0.2) is 26.0 Å². The van der Waals surface area contributed by atoms with Crippen molar-refractivity contribution in [1.29, 1.82) is 0 Å². The Labute approximate surface area is 117 Å². The van der Waals surface area contributed by atoms with E-state index in [0.29, 0.717) is 11.1 Å². The zero-order chi connectivity index (χ0) is 14.5. The number of hydrogen-bond acceptors (Lipinski definition) is 3. The van der Waals surface area contributed by atoms with E-state index < -0.39 is 5.97 Å². The Balaban J connectivity index is 2.27. The van der Waals surface area contributed by atoms with Crippen LogP contribution in [-0.2, 0) is 4.74 Å². The number of carbonyl (C=O) groups excluding carboxylic acids is 2. The van der Waals surface area contributed by atoms with E-state index >= 15 is 0 Å². The maximum atomic E-state index is 12.4. The highest BCUT2D eigenvalue weighted by atomic mass is 16.5. The summed E-state index contributed by atoms with van der Waals surface area (Å²) < 4.78 is 4.65. The highest BCUT2D eigenvalue weighted by Crippen LogP contribution is 2.16. The SMILES string of the molecule is COC(=O)c1cccc(C(=O)N(C)c2ccccc2)c1. The zero-order valence-electron chi connectivity index (χ0n) is 11.4. The van der Waals surface area contributed by atoms with Crippen LogP contribution in [0.25, 0.3) is 0 Å². The van der Waals surface area contributed by atoms with Gasteiger partial charge in [-0.2, -0.15) is 0 Å². The number of anilines is 1. The van der Waals surface area contributed by atoms with Crippen LogP contribution in [0.3, 0.4) is 0 Å². The summed E-state index contributed by atoms with van der Waals surface area (Å²) in [6.07, 6.45) is 0. The molecule has 0 spiro atoms. The number of para-hydroxylation sites is 1. The van der Waals surface area contributed by atoms with Crippen LogP contribution >= 0.6 is 0 Å². The number of esters is 1. The Morgan fingerprint density at radius 3 is 2.25 bits per heavy atom. The number of methoxy groups -OCH3 is 1. The lowest BCUT2D eigenvalue weighted by molar-refractivity contribution is 0.0600. The van der Waals surface area contributed by atoms with Crippen molar-refractivity contribution in [2.75, 3.05) is 19.1 Å². The largest absolute Gasteiger partial charge is 0.465 e. The molecule has 2 aromatic rings. The zero-order valence-corrected chi connectivity index (χ0v) is 11.4. The molecule has 0 fully saturated rings. The number of amides is 1. The third-order valence-corrected chi connectivity index (χ3v) is 2.98. The second-order valence-corrected chi connectivity index (χ2v) is 4.27. The highest BCUT2D eigenvalue weighted by molar-refractivity contribution is 6.06. The molecule has 0 radical (unpaired) electrons. The van der Waals surface area contributed by atoms with Gasteiger partial charge in [0.25, 0.3) is 5.91 Å². The van der Waals surface area contributed by atoms with Gasteiger partial charge in [0, 0.05) is 18.3 Å². The van der Waals surface area contributed by atoms with Crippen molar-refractivity contribution in [3.63, 3.8) is 0 Å². The molecular formula is C16H15NO3. The third-order valence-electron chi connectivity index (χ3n) is 2.98. The maximum absolute atomic E-state index is 12.4. The Kier molecular flexibility index (Phi) is 4.15. The summed E-state index contributed by atoms with van der Waals surface area (Å²) in [6, 6.07) is 15.8.